The van der Waals surface area contributed by atoms with E-state index in [1.165, 1.54) is 0 Å². The molecule has 0 radical (unpaired) electrons. The van der Waals surface area contributed by atoms with Crippen LogP contribution in [0.1, 0.15) is 6.92 Å². The summed E-state index contributed by atoms with van der Waals surface area (Å²) >= 11 is 0. The molecule has 0 nitrogen and oxygen atoms in total. The molecule has 0 aromatic carbocycles. The summed E-state index contributed by atoms with van der Waals surface area (Å²) in [5, 5.41) is 0. The third-order valence-corrected chi connectivity index (χ3v) is 0.347. The van der Waals surface area contributed by atoms with Crippen molar-refractivity contribution < 1.29 is 13.2 Å². The fraction of sp³-hybridized carbons (Fsp3) is 1.00. The van der Waals surface area contributed by atoms with Gasteiger partial charge in [0.2, 0.25) is 0 Å². The molecule has 0 aliphatic carbocycles. The molecule has 0 amide bonds. The molecule has 0 heterocycles. The van der Waals surface area contributed by atoms with Crippen molar-refractivity contribution in [3.8, 4) is 0 Å². The van der Waals surface area contributed by atoms with Crippen molar-refractivity contribution in [2.75, 3.05) is 0 Å². The zero-order chi connectivity index (χ0) is 5.15. The number of rotatable bonds is 1. The van der Waals surface area contributed by atoms with Gasteiger partial charge in [0.15, 0.2) is 6.17 Å². The van der Waals surface area contributed by atoms with Gasteiger partial charge in [-0.25, -0.2) is 13.2 Å². The third kappa shape index (κ3) is 2.05. The van der Waals surface area contributed by atoms with E-state index in [1.54, 1.807) is 0 Å². The summed E-state index contributed by atoms with van der Waals surface area (Å²) in [5.74, 6) is 0. The monoisotopic (exact) mass is 98.0 g/mol. The topological polar surface area (TPSA) is 0 Å². The van der Waals surface area contributed by atoms with Crippen LogP contribution in [0.2, 0.25) is 0 Å². The van der Waals surface area contributed by atoms with Crippen molar-refractivity contribution in [3.05, 3.63) is 0 Å². The Hall–Kier alpha value is -0.210. The van der Waals surface area contributed by atoms with Crippen LogP contribution in [0.25, 0.3) is 0 Å². The van der Waals surface area contributed by atoms with E-state index < -0.39 is 12.6 Å². The lowest BCUT2D eigenvalue weighted by Crippen LogP contribution is -2.04. The molecule has 0 saturated carbocycles. The summed E-state index contributed by atoms with van der Waals surface area (Å²) < 4.78 is 32.6. The minimum atomic E-state index is -2.81. The Morgan fingerprint density at radius 3 is 1.33 bits per heavy atom. The van der Waals surface area contributed by atoms with E-state index in [2.05, 4.69) is 0 Å². The molecule has 3 heteroatoms. The van der Waals surface area contributed by atoms with E-state index in [9.17, 15) is 13.2 Å². The van der Waals surface area contributed by atoms with Crippen LogP contribution in [0.15, 0.2) is 0 Å². The molecule has 0 rings (SSSR count). The maximum atomic E-state index is 11.1. The van der Waals surface area contributed by atoms with Gasteiger partial charge in [-0.05, 0) is 6.92 Å². The molecule has 0 bridgehead atoms. The first-order chi connectivity index (χ1) is 2.64. The summed E-state index contributed by atoms with van der Waals surface area (Å²) in [6.45, 7) is 0.824. The highest BCUT2D eigenvalue weighted by molar-refractivity contribution is 4.45. The van der Waals surface area contributed by atoms with Crippen molar-refractivity contribution in [3.63, 3.8) is 0 Å². The van der Waals surface area contributed by atoms with Gasteiger partial charge in [-0.2, -0.15) is 0 Å². The van der Waals surface area contributed by atoms with Crippen molar-refractivity contribution in [2.24, 2.45) is 0 Å². The highest BCUT2D eigenvalue weighted by Crippen LogP contribution is 2.01. The Balaban J connectivity index is 2.99. The lowest BCUT2D eigenvalue weighted by Gasteiger charge is -1.93. The number of alkyl halides is 3. The van der Waals surface area contributed by atoms with E-state index >= 15 is 0 Å². The van der Waals surface area contributed by atoms with Crippen LogP contribution in [0.4, 0.5) is 13.2 Å². The van der Waals surface area contributed by atoms with Gasteiger partial charge in [0.1, 0.15) is 0 Å². The summed E-state index contributed by atoms with van der Waals surface area (Å²) in [6.07, 6.45) is -4.80. The van der Waals surface area contributed by atoms with Crippen molar-refractivity contribution in [2.45, 2.75) is 19.5 Å². The first kappa shape index (κ1) is 5.79. The van der Waals surface area contributed by atoms with Crippen LogP contribution < -0.4 is 0 Å². The Bertz CT molecular complexity index is 27.0. The van der Waals surface area contributed by atoms with Gasteiger partial charge in [-0.3, -0.25) is 0 Å². The van der Waals surface area contributed by atoms with E-state index in [1.807, 2.05) is 0 Å². The fourth-order valence-corrected chi connectivity index (χ4v) is 0. The number of hydrogen-bond acceptors (Lipinski definition) is 0. The Morgan fingerprint density at radius 2 is 1.33 bits per heavy atom. The molecule has 38 valence electrons. The first-order valence-electron chi connectivity index (χ1n) is 1.57. The SMILES string of the molecule is C[C@H](F)C(F)F. The molecule has 0 N–H and O–H groups in total. The molecule has 0 unspecified atom stereocenters. The minimum absolute atomic E-state index is 0.824. The quantitative estimate of drug-likeness (QED) is 0.467. The average Bonchev–Trinajstić information content (AvgIpc) is 1.36. The van der Waals surface area contributed by atoms with Crippen LogP contribution in [0, 0.1) is 0 Å². The van der Waals surface area contributed by atoms with Gasteiger partial charge in [0.05, 0.1) is 0 Å². The molecule has 0 fully saturated rings. The predicted octanol–water partition coefficient (Wildman–Crippen LogP) is 1.61. The van der Waals surface area contributed by atoms with Gasteiger partial charge in [0, 0.05) is 0 Å². The fourth-order valence-electron chi connectivity index (χ4n) is 0. The lowest BCUT2D eigenvalue weighted by atomic mass is 10.5. The molecule has 0 aromatic rings. The maximum Gasteiger partial charge on any atom is 0.269 e. The number of halogens is 3. The van der Waals surface area contributed by atoms with Crippen molar-refractivity contribution in [1.82, 2.24) is 0 Å². The van der Waals surface area contributed by atoms with Crippen molar-refractivity contribution in [1.29, 1.82) is 0 Å². The normalized spacial score (nSPS) is 15.5. The molecular formula is C3H5F3. The van der Waals surface area contributed by atoms with Crippen LogP contribution in [0.3, 0.4) is 0 Å². The van der Waals surface area contributed by atoms with Gasteiger partial charge < -0.3 is 0 Å². The van der Waals surface area contributed by atoms with E-state index in [-0.39, 0.29) is 0 Å². The van der Waals surface area contributed by atoms with E-state index in [0.29, 0.717) is 0 Å². The Labute approximate surface area is 34.0 Å². The van der Waals surface area contributed by atoms with Crippen LogP contribution >= 0.6 is 0 Å². The summed E-state index contributed by atoms with van der Waals surface area (Å²) in [6, 6.07) is 0. The second kappa shape index (κ2) is 2.05. The summed E-state index contributed by atoms with van der Waals surface area (Å²) in [7, 11) is 0. The molecule has 0 aromatic heterocycles. The second-order valence-corrected chi connectivity index (χ2v) is 1.01. The van der Waals surface area contributed by atoms with Gasteiger partial charge >= 0.3 is 0 Å². The third-order valence-electron chi connectivity index (χ3n) is 0.347. The van der Waals surface area contributed by atoms with Crippen LogP contribution in [-0.2, 0) is 0 Å². The highest BCUT2D eigenvalue weighted by atomic mass is 19.3. The second-order valence-electron chi connectivity index (χ2n) is 1.01. The molecule has 6 heavy (non-hydrogen) atoms. The van der Waals surface area contributed by atoms with Gasteiger partial charge in [-0.1, -0.05) is 0 Å². The Morgan fingerprint density at radius 1 is 1.17 bits per heavy atom. The Kier molecular flexibility index (Phi) is 1.98. The average molecular weight is 98.1 g/mol. The zero-order valence-electron chi connectivity index (χ0n) is 3.29. The summed E-state index contributed by atoms with van der Waals surface area (Å²) in [4.78, 5) is 0. The molecule has 1 atom stereocenters. The largest absolute Gasteiger partial charge is 0.269 e. The molecule has 0 saturated heterocycles. The van der Waals surface area contributed by atoms with Crippen LogP contribution in [-0.4, -0.2) is 12.6 Å². The molecule has 0 spiro atoms. The van der Waals surface area contributed by atoms with E-state index in [0.717, 1.165) is 6.92 Å². The summed E-state index contributed by atoms with van der Waals surface area (Å²) in [5.41, 5.74) is 0. The first-order valence-corrected chi connectivity index (χ1v) is 1.57. The smallest absolute Gasteiger partial charge is 0.242 e. The molecule has 0 aliphatic rings. The lowest BCUT2D eigenvalue weighted by molar-refractivity contribution is 0.0603. The minimum Gasteiger partial charge on any atom is -0.242 e. The molecule has 0 aliphatic heterocycles. The van der Waals surface area contributed by atoms with Crippen LogP contribution in [0.5, 0.6) is 0 Å². The maximum absolute atomic E-state index is 11.1. The van der Waals surface area contributed by atoms with Crippen molar-refractivity contribution >= 4 is 0 Å². The highest BCUT2D eigenvalue weighted by Gasteiger charge is 2.10. The van der Waals surface area contributed by atoms with Gasteiger partial charge in [-0.15, -0.1) is 0 Å². The zero-order valence-corrected chi connectivity index (χ0v) is 3.29. The van der Waals surface area contributed by atoms with Gasteiger partial charge in [0.25, 0.3) is 6.43 Å². The predicted molar refractivity (Wildman–Crippen MR) is 16.6 cm³/mol. The van der Waals surface area contributed by atoms with E-state index in [4.69, 9.17) is 0 Å². The standard InChI is InChI=1S/C3H5F3/c1-2(4)3(5)6/h2-3H,1H3/t2-/m0/s1. The molecular weight excluding hydrogens is 93.0 g/mol. The number of hydrogen-bond donors (Lipinski definition) is 0.